The van der Waals surface area contributed by atoms with Crippen molar-refractivity contribution in [3.8, 4) is 5.75 Å². The van der Waals surface area contributed by atoms with E-state index in [2.05, 4.69) is 4.98 Å². The smallest absolute Gasteiger partial charge is 0.355 e. The zero-order valence-corrected chi connectivity index (χ0v) is 10.7. The molecule has 18 heavy (non-hydrogen) atoms. The van der Waals surface area contributed by atoms with Crippen molar-refractivity contribution in [2.75, 3.05) is 7.11 Å². The van der Waals surface area contributed by atoms with E-state index < -0.39 is 5.97 Å². The van der Waals surface area contributed by atoms with Crippen molar-refractivity contribution in [2.24, 2.45) is 0 Å². The second-order valence-electron chi connectivity index (χ2n) is 3.78. The molecule has 5 heteroatoms. The highest BCUT2D eigenvalue weighted by Crippen LogP contribution is 2.18. The topological polar surface area (TPSA) is 59.4 Å². The van der Waals surface area contributed by atoms with Crippen LogP contribution >= 0.6 is 11.3 Å². The van der Waals surface area contributed by atoms with Crippen LogP contribution in [-0.2, 0) is 12.8 Å². The standard InChI is InChI=1S/C13H13NO3S/c1-17-10-4-2-3-9(7-10)5-6-11-12(13(15)16)14-8-18-11/h2-4,7-8H,5-6H2,1H3,(H,15,16). The van der Waals surface area contributed by atoms with Gasteiger partial charge in [-0.3, -0.25) is 0 Å². The first-order valence-corrected chi connectivity index (χ1v) is 6.37. The molecule has 0 saturated heterocycles. The van der Waals surface area contributed by atoms with Crippen LogP contribution in [0.1, 0.15) is 20.9 Å². The van der Waals surface area contributed by atoms with Crippen LogP contribution in [0.2, 0.25) is 0 Å². The summed E-state index contributed by atoms with van der Waals surface area (Å²) in [5.74, 6) is -0.146. The van der Waals surface area contributed by atoms with Gasteiger partial charge < -0.3 is 9.84 Å². The first-order chi connectivity index (χ1) is 8.70. The number of hydrogen-bond acceptors (Lipinski definition) is 4. The molecular formula is C13H13NO3S. The molecule has 0 aliphatic carbocycles. The van der Waals surface area contributed by atoms with Gasteiger partial charge in [-0.1, -0.05) is 12.1 Å². The summed E-state index contributed by atoms with van der Waals surface area (Å²) in [6, 6.07) is 7.78. The first-order valence-electron chi connectivity index (χ1n) is 5.49. The van der Waals surface area contributed by atoms with E-state index in [4.69, 9.17) is 9.84 Å². The highest BCUT2D eigenvalue weighted by molar-refractivity contribution is 7.09. The zero-order chi connectivity index (χ0) is 13.0. The molecule has 0 unspecified atom stereocenters. The molecular weight excluding hydrogens is 250 g/mol. The monoisotopic (exact) mass is 263 g/mol. The molecule has 1 heterocycles. The van der Waals surface area contributed by atoms with E-state index in [-0.39, 0.29) is 5.69 Å². The summed E-state index contributed by atoms with van der Waals surface area (Å²) in [5.41, 5.74) is 2.87. The fraction of sp³-hybridized carbons (Fsp3) is 0.231. The van der Waals surface area contributed by atoms with E-state index in [1.807, 2.05) is 24.3 Å². The van der Waals surface area contributed by atoms with Crippen LogP contribution < -0.4 is 4.74 Å². The Morgan fingerprint density at radius 2 is 2.28 bits per heavy atom. The van der Waals surface area contributed by atoms with E-state index >= 15 is 0 Å². The average Bonchev–Trinajstić information content (AvgIpc) is 2.85. The maximum Gasteiger partial charge on any atom is 0.355 e. The second kappa shape index (κ2) is 5.64. The van der Waals surface area contributed by atoms with E-state index in [1.54, 1.807) is 12.6 Å². The van der Waals surface area contributed by atoms with Crippen LogP contribution in [0.4, 0.5) is 0 Å². The molecule has 2 aromatic rings. The SMILES string of the molecule is COc1cccc(CCc2scnc2C(=O)O)c1. The third kappa shape index (κ3) is 2.87. The van der Waals surface area contributed by atoms with Crippen LogP contribution in [0.25, 0.3) is 0 Å². The number of carboxylic acids is 1. The molecule has 4 nitrogen and oxygen atoms in total. The number of carboxylic acid groups (broad SMARTS) is 1. The number of nitrogens with zero attached hydrogens (tertiary/aromatic N) is 1. The summed E-state index contributed by atoms with van der Waals surface area (Å²) < 4.78 is 5.15. The number of carbonyl (C=O) groups is 1. The molecule has 0 aliphatic heterocycles. The molecule has 0 aliphatic rings. The van der Waals surface area contributed by atoms with Crippen LogP contribution in [0.3, 0.4) is 0 Å². The number of hydrogen-bond donors (Lipinski definition) is 1. The fourth-order valence-electron chi connectivity index (χ4n) is 1.71. The van der Waals surface area contributed by atoms with Gasteiger partial charge in [0.05, 0.1) is 12.6 Å². The summed E-state index contributed by atoms with van der Waals surface area (Å²) in [6.45, 7) is 0. The molecule has 2 rings (SSSR count). The molecule has 0 bridgehead atoms. The van der Waals surface area contributed by atoms with Gasteiger partial charge in [0, 0.05) is 4.88 Å². The Morgan fingerprint density at radius 3 is 3.00 bits per heavy atom. The Bertz CT molecular complexity index is 551. The molecule has 0 spiro atoms. The largest absolute Gasteiger partial charge is 0.497 e. The van der Waals surface area contributed by atoms with E-state index in [9.17, 15) is 4.79 Å². The van der Waals surface area contributed by atoms with Crippen molar-refractivity contribution in [3.05, 3.63) is 45.9 Å². The highest BCUT2D eigenvalue weighted by Gasteiger charge is 2.13. The number of aromatic carboxylic acids is 1. The Kier molecular flexibility index (Phi) is 3.94. The lowest BCUT2D eigenvalue weighted by molar-refractivity contribution is 0.0690. The van der Waals surface area contributed by atoms with Gasteiger partial charge in [0.25, 0.3) is 0 Å². The van der Waals surface area contributed by atoms with Gasteiger partial charge in [0.15, 0.2) is 5.69 Å². The van der Waals surface area contributed by atoms with Crippen molar-refractivity contribution in [1.82, 2.24) is 4.98 Å². The van der Waals surface area contributed by atoms with Crippen molar-refractivity contribution < 1.29 is 14.6 Å². The van der Waals surface area contributed by atoms with E-state index in [0.29, 0.717) is 6.42 Å². The van der Waals surface area contributed by atoms with E-state index in [0.717, 1.165) is 22.6 Å². The summed E-state index contributed by atoms with van der Waals surface area (Å²) >= 11 is 1.38. The predicted molar refractivity (Wildman–Crippen MR) is 69.5 cm³/mol. The molecule has 1 aromatic carbocycles. The van der Waals surface area contributed by atoms with E-state index in [1.165, 1.54) is 11.3 Å². The fourth-order valence-corrected chi connectivity index (χ4v) is 2.47. The molecule has 0 amide bonds. The quantitative estimate of drug-likeness (QED) is 0.901. The molecule has 0 atom stereocenters. The molecule has 0 fully saturated rings. The summed E-state index contributed by atoms with van der Waals surface area (Å²) in [7, 11) is 1.63. The number of rotatable bonds is 5. The number of ether oxygens (including phenoxy) is 1. The summed E-state index contributed by atoms with van der Waals surface area (Å²) in [6.07, 6.45) is 1.46. The predicted octanol–water partition coefficient (Wildman–Crippen LogP) is 2.64. The zero-order valence-electron chi connectivity index (χ0n) is 9.92. The number of thiazole rings is 1. The maximum absolute atomic E-state index is 10.9. The van der Waals surface area contributed by atoms with Gasteiger partial charge >= 0.3 is 5.97 Å². The number of methoxy groups -OCH3 is 1. The highest BCUT2D eigenvalue weighted by atomic mass is 32.1. The number of aromatic nitrogens is 1. The Balaban J connectivity index is 2.06. The minimum absolute atomic E-state index is 0.169. The summed E-state index contributed by atoms with van der Waals surface area (Å²) in [4.78, 5) is 15.6. The lowest BCUT2D eigenvalue weighted by atomic mass is 10.1. The van der Waals surface area contributed by atoms with Crippen LogP contribution in [0.15, 0.2) is 29.8 Å². The van der Waals surface area contributed by atoms with Crippen molar-refractivity contribution in [2.45, 2.75) is 12.8 Å². The molecule has 0 radical (unpaired) electrons. The first kappa shape index (κ1) is 12.6. The maximum atomic E-state index is 10.9. The van der Waals surface area contributed by atoms with Crippen LogP contribution in [0, 0.1) is 0 Å². The van der Waals surface area contributed by atoms with Gasteiger partial charge in [-0.25, -0.2) is 9.78 Å². The molecule has 94 valence electrons. The molecule has 1 aromatic heterocycles. The Morgan fingerprint density at radius 1 is 1.44 bits per heavy atom. The minimum atomic E-state index is -0.961. The van der Waals surface area contributed by atoms with Crippen LogP contribution in [0.5, 0.6) is 5.75 Å². The second-order valence-corrected chi connectivity index (χ2v) is 4.72. The lowest BCUT2D eigenvalue weighted by Crippen LogP contribution is -2.02. The average molecular weight is 263 g/mol. The lowest BCUT2D eigenvalue weighted by Gasteiger charge is -2.04. The van der Waals surface area contributed by atoms with Gasteiger partial charge in [0.1, 0.15) is 5.75 Å². The Hall–Kier alpha value is -1.88. The Labute approximate surface area is 109 Å². The summed E-state index contributed by atoms with van der Waals surface area (Å²) in [5, 5.41) is 8.96. The van der Waals surface area contributed by atoms with Gasteiger partial charge in [-0.2, -0.15) is 0 Å². The van der Waals surface area contributed by atoms with Crippen molar-refractivity contribution >= 4 is 17.3 Å². The van der Waals surface area contributed by atoms with Gasteiger partial charge in [-0.15, -0.1) is 11.3 Å². The third-order valence-corrected chi connectivity index (χ3v) is 3.51. The van der Waals surface area contributed by atoms with Crippen molar-refractivity contribution in [3.63, 3.8) is 0 Å². The normalized spacial score (nSPS) is 10.3. The van der Waals surface area contributed by atoms with Gasteiger partial charge in [-0.05, 0) is 30.5 Å². The molecule has 0 saturated carbocycles. The third-order valence-electron chi connectivity index (χ3n) is 2.62. The van der Waals surface area contributed by atoms with Crippen molar-refractivity contribution in [1.29, 1.82) is 0 Å². The minimum Gasteiger partial charge on any atom is -0.497 e. The number of aryl methyl sites for hydroxylation is 2. The number of benzene rings is 1. The van der Waals surface area contributed by atoms with Gasteiger partial charge in [0.2, 0.25) is 0 Å². The van der Waals surface area contributed by atoms with Crippen LogP contribution in [-0.4, -0.2) is 23.2 Å². The molecule has 1 N–H and O–H groups in total.